The molecule has 0 fully saturated rings. The van der Waals surface area contributed by atoms with Gasteiger partial charge in [0.25, 0.3) is 0 Å². The topological polar surface area (TPSA) is 72.9 Å². The largest absolute Gasteiger partial charge is 0.352 e. The summed E-state index contributed by atoms with van der Waals surface area (Å²) in [5.41, 5.74) is 6.91. The summed E-state index contributed by atoms with van der Waals surface area (Å²) in [6.45, 7) is 2.88. The second-order valence-electron chi connectivity index (χ2n) is 4.16. The number of rotatable bonds is 4. The first kappa shape index (κ1) is 14.1. The highest BCUT2D eigenvalue weighted by molar-refractivity contribution is 9.10. The molecule has 1 aromatic heterocycles. The molecular weight excluding hydrogens is 332 g/mol. The molecule has 0 aliphatic heterocycles. The van der Waals surface area contributed by atoms with Gasteiger partial charge in [0.1, 0.15) is 5.82 Å². The minimum absolute atomic E-state index is 0.209. The standard InChI is InChI=1S/C12H14BrClN4O/c1-7(14)11-17-9-3-2-8(13)6-10(9)18(11)5-4-16-12(15)19/h2-3,6-7H,4-5H2,1H3,(H3,15,16,19). The van der Waals surface area contributed by atoms with Crippen LogP contribution in [0.3, 0.4) is 0 Å². The van der Waals surface area contributed by atoms with Crippen LogP contribution in [0.15, 0.2) is 22.7 Å². The van der Waals surface area contributed by atoms with Gasteiger partial charge in [-0.05, 0) is 25.1 Å². The van der Waals surface area contributed by atoms with E-state index in [2.05, 4.69) is 26.2 Å². The molecule has 19 heavy (non-hydrogen) atoms. The van der Waals surface area contributed by atoms with Crippen molar-refractivity contribution in [2.75, 3.05) is 6.54 Å². The molecule has 0 spiro atoms. The van der Waals surface area contributed by atoms with Gasteiger partial charge in [-0.3, -0.25) is 0 Å². The summed E-state index contributed by atoms with van der Waals surface area (Å²) in [4.78, 5) is 15.2. The molecule has 0 aliphatic rings. The van der Waals surface area contributed by atoms with Gasteiger partial charge in [0.15, 0.2) is 0 Å². The summed E-state index contributed by atoms with van der Waals surface area (Å²) in [5.74, 6) is 0.779. The second kappa shape index (κ2) is 5.79. The fourth-order valence-electron chi connectivity index (χ4n) is 1.94. The lowest BCUT2D eigenvalue weighted by atomic mass is 10.3. The van der Waals surface area contributed by atoms with Gasteiger partial charge < -0.3 is 15.6 Å². The van der Waals surface area contributed by atoms with Crippen molar-refractivity contribution in [1.82, 2.24) is 14.9 Å². The lowest BCUT2D eigenvalue weighted by molar-refractivity contribution is 0.248. The Morgan fingerprint density at radius 1 is 1.63 bits per heavy atom. The number of carbonyl (C=O) groups excluding carboxylic acids is 1. The van der Waals surface area contributed by atoms with Gasteiger partial charge in [-0.25, -0.2) is 9.78 Å². The maximum atomic E-state index is 10.7. The van der Waals surface area contributed by atoms with E-state index in [1.54, 1.807) is 0 Å². The number of hydrogen-bond acceptors (Lipinski definition) is 2. The highest BCUT2D eigenvalue weighted by Crippen LogP contribution is 2.26. The van der Waals surface area contributed by atoms with E-state index in [1.165, 1.54) is 0 Å². The summed E-state index contributed by atoms with van der Waals surface area (Å²) in [7, 11) is 0. The average Bonchev–Trinajstić information content (AvgIpc) is 2.67. The monoisotopic (exact) mass is 344 g/mol. The summed E-state index contributed by atoms with van der Waals surface area (Å²) >= 11 is 9.59. The predicted molar refractivity (Wildman–Crippen MR) is 79.3 cm³/mol. The number of imidazole rings is 1. The van der Waals surface area contributed by atoms with Gasteiger partial charge in [-0.1, -0.05) is 15.9 Å². The first-order valence-electron chi connectivity index (χ1n) is 5.82. The average molecular weight is 346 g/mol. The number of benzene rings is 1. The number of halogens is 2. The van der Waals surface area contributed by atoms with Crippen molar-refractivity contribution in [2.24, 2.45) is 5.73 Å². The van der Waals surface area contributed by atoms with Crippen molar-refractivity contribution in [3.05, 3.63) is 28.5 Å². The van der Waals surface area contributed by atoms with E-state index in [4.69, 9.17) is 17.3 Å². The molecule has 1 unspecified atom stereocenters. The first-order valence-corrected chi connectivity index (χ1v) is 7.05. The van der Waals surface area contributed by atoms with Crippen molar-refractivity contribution < 1.29 is 4.79 Å². The number of primary amides is 1. The number of nitrogens with two attached hydrogens (primary N) is 1. The van der Waals surface area contributed by atoms with Crippen LogP contribution in [0.1, 0.15) is 18.1 Å². The van der Waals surface area contributed by atoms with E-state index in [1.807, 2.05) is 29.7 Å². The van der Waals surface area contributed by atoms with E-state index in [9.17, 15) is 4.79 Å². The van der Waals surface area contributed by atoms with Gasteiger partial charge >= 0.3 is 6.03 Å². The lowest BCUT2D eigenvalue weighted by Gasteiger charge is -2.10. The fourth-order valence-corrected chi connectivity index (χ4v) is 2.46. The van der Waals surface area contributed by atoms with E-state index in [0.717, 1.165) is 21.3 Å². The highest BCUT2D eigenvalue weighted by atomic mass is 79.9. The van der Waals surface area contributed by atoms with Crippen LogP contribution in [0.25, 0.3) is 11.0 Å². The Bertz CT molecular complexity index is 611. The van der Waals surface area contributed by atoms with Crippen LogP contribution in [0.5, 0.6) is 0 Å². The Morgan fingerprint density at radius 2 is 2.37 bits per heavy atom. The van der Waals surface area contributed by atoms with Gasteiger partial charge in [-0.2, -0.15) is 0 Å². The Hall–Kier alpha value is -1.27. The zero-order chi connectivity index (χ0) is 14.0. The van der Waals surface area contributed by atoms with Crippen LogP contribution >= 0.6 is 27.5 Å². The number of amides is 2. The van der Waals surface area contributed by atoms with E-state index < -0.39 is 6.03 Å². The van der Waals surface area contributed by atoms with Gasteiger partial charge in [0.05, 0.1) is 16.4 Å². The zero-order valence-corrected chi connectivity index (χ0v) is 12.7. The maximum absolute atomic E-state index is 10.7. The molecule has 0 bridgehead atoms. The second-order valence-corrected chi connectivity index (χ2v) is 5.73. The molecule has 2 aromatic rings. The van der Waals surface area contributed by atoms with Crippen molar-refractivity contribution in [3.8, 4) is 0 Å². The molecule has 1 atom stereocenters. The Kier molecular flexibility index (Phi) is 4.31. The minimum atomic E-state index is -0.536. The molecule has 2 rings (SSSR count). The molecule has 0 aliphatic carbocycles. The van der Waals surface area contributed by atoms with Crippen molar-refractivity contribution in [1.29, 1.82) is 0 Å². The first-order chi connectivity index (χ1) is 8.99. The Balaban J connectivity index is 2.39. The molecule has 7 heteroatoms. The number of hydrogen-bond donors (Lipinski definition) is 2. The quantitative estimate of drug-likeness (QED) is 0.836. The van der Waals surface area contributed by atoms with Gasteiger partial charge in [0.2, 0.25) is 0 Å². The minimum Gasteiger partial charge on any atom is -0.352 e. The number of nitrogens with one attached hydrogen (secondary N) is 1. The van der Waals surface area contributed by atoms with Crippen LogP contribution in [0.2, 0.25) is 0 Å². The van der Waals surface area contributed by atoms with Crippen LogP contribution in [-0.2, 0) is 6.54 Å². The number of nitrogens with zero attached hydrogens (tertiary/aromatic N) is 2. The van der Waals surface area contributed by atoms with Gasteiger partial charge in [-0.15, -0.1) is 11.6 Å². The molecule has 3 N–H and O–H groups in total. The van der Waals surface area contributed by atoms with Crippen molar-refractivity contribution in [2.45, 2.75) is 18.8 Å². The molecular formula is C12H14BrClN4O. The summed E-state index contributed by atoms with van der Waals surface area (Å²) in [6, 6.07) is 5.31. The van der Waals surface area contributed by atoms with E-state index >= 15 is 0 Å². The number of carbonyl (C=O) groups is 1. The molecule has 1 aromatic carbocycles. The Labute approximate surface area is 124 Å². The SMILES string of the molecule is CC(Cl)c1nc2ccc(Br)cc2n1CCNC(N)=O. The molecule has 2 amide bonds. The Morgan fingerprint density at radius 3 is 3.00 bits per heavy atom. The number of fused-ring (bicyclic) bond motifs is 1. The smallest absolute Gasteiger partial charge is 0.312 e. The molecule has 102 valence electrons. The van der Waals surface area contributed by atoms with Crippen LogP contribution in [0.4, 0.5) is 4.79 Å². The zero-order valence-electron chi connectivity index (χ0n) is 10.4. The van der Waals surface area contributed by atoms with Crippen LogP contribution in [0, 0.1) is 0 Å². The third-order valence-electron chi connectivity index (χ3n) is 2.73. The van der Waals surface area contributed by atoms with E-state index in [0.29, 0.717) is 13.1 Å². The number of urea groups is 1. The summed E-state index contributed by atoms with van der Waals surface area (Å²) in [5, 5.41) is 2.36. The van der Waals surface area contributed by atoms with Gasteiger partial charge in [0, 0.05) is 17.6 Å². The normalized spacial score (nSPS) is 12.6. The lowest BCUT2D eigenvalue weighted by Crippen LogP contribution is -2.32. The number of aromatic nitrogens is 2. The number of alkyl halides is 1. The molecule has 0 saturated carbocycles. The third-order valence-corrected chi connectivity index (χ3v) is 3.42. The van der Waals surface area contributed by atoms with Crippen LogP contribution < -0.4 is 11.1 Å². The highest BCUT2D eigenvalue weighted by Gasteiger charge is 2.14. The maximum Gasteiger partial charge on any atom is 0.312 e. The molecule has 1 heterocycles. The molecule has 0 radical (unpaired) electrons. The summed E-state index contributed by atoms with van der Waals surface area (Å²) < 4.78 is 2.96. The van der Waals surface area contributed by atoms with Crippen molar-refractivity contribution >= 4 is 44.6 Å². The van der Waals surface area contributed by atoms with Crippen LogP contribution in [-0.4, -0.2) is 22.1 Å². The summed E-state index contributed by atoms with van der Waals surface area (Å²) in [6.07, 6.45) is 0. The molecule has 0 saturated heterocycles. The third kappa shape index (κ3) is 3.19. The van der Waals surface area contributed by atoms with Crippen molar-refractivity contribution in [3.63, 3.8) is 0 Å². The predicted octanol–water partition coefficient (Wildman–Crippen LogP) is 2.77. The van der Waals surface area contributed by atoms with E-state index in [-0.39, 0.29) is 5.38 Å². The fraction of sp³-hybridized carbons (Fsp3) is 0.333. The molecule has 5 nitrogen and oxygen atoms in total.